The molecule has 1 heterocycles. The largest absolute Gasteiger partial charge is 0.508 e. The summed E-state index contributed by atoms with van der Waals surface area (Å²) >= 11 is 13.0. The molecule has 3 aromatic carbocycles. The topological polar surface area (TPSA) is 44.3 Å². The van der Waals surface area contributed by atoms with E-state index in [9.17, 15) is 5.11 Å². The first-order valence-corrected chi connectivity index (χ1v) is 10.7. The smallest absolute Gasteiger partial charge is 0.120 e. The van der Waals surface area contributed by atoms with Crippen LogP contribution in [0.2, 0.25) is 5.02 Å². The Balaban J connectivity index is 1.76. The van der Waals surface area contributed by atoms with Gasteiger partial charge in [0.05, 0.1) is 6.04 Å². The first-order chi connectivity index (χ1) is 13.5. The molecular formula is C22H17Br2ClN2O. The lowest BCUT2D eigenvalue weighted by Crippen LogP contribution is -2.39. The zero-order valence-corrected chi connectivity index (χ0v) is 18.6. The van der Waals surface area contributed by atoms with Crippen molar-refractivity contribution < 1.29 is 5.11 Å². The van der Waals surface area contributed by atoms with Crippen molar-refractivity contribution in [2.45, 2.75) is 12.2 Å². The zero-order valence-electron chi connectivity index (χ0n) is 14.7. The molecule has 2 atom stereocenters. The lowest BCUT2D eigenvalue weighted by Gasteiger charge is -2.33. The summed E-state index contributed by atoms with van der Waals surface area (Å²) in [4.78, 5) is 0. The highest BCUT2D eigenvalue weighted by Gasteiger charge is 2.25. The van der Waals surface area contributed by atoms with Crippen molar-refractivity contribution in [3.63, 3.8) is 0 Å². The average molecular weight is 521 g/mol. The summed E-state index contributed by atoms with van der Waals surface area (Å²) in [5, 5.41) is 18.3. The molecule has 0 spiro atoms. The van der Waals surface area contributed by atoms with Gasteiger partial charge in [-0.3, -0.25) is 5.32 Å². The Morgan fingerprint density at radius 3 is 2.25 bits per heavy atom. The number of rotatable bonds is 3. The van der Waals surface area contributed by atoms with Crippen molar-refractivity contribution in [2.75, 3.05) is 0 Å². The predicted octanol–water partition coefficient (Wildman–Crippen LogP) is 6.54. The minimum Gasteiger partial charge on any atom is -0.508 e. The van der Waals surface area contributed by atoms with E-state index in [0.29, 0.717) is 5.02 Å². The van der Waals surface area contributed by atoms with Crippen LogP contribution in [-0.2, 0) is 0 Å². The van der Waals surface area contributed by atoms with Gasteiger partial charge in [0.25, 0.3) is 0 Å². The van der Waals surface area contributed by atoms with Crippen LogP contribution < -0.4 is 10.6 Å². The molecule has 6 heteroatoms. The molecule has 0 amide bonds. The number of halogens is 3. The van der Waals surface area contributed by atoms with E-state index in [1.807, 2.05) is 48.5 Å². The number of benzene rings is 3. The van der Waals surface area contributed by atoms with E-state index in [2.05, 4.69) is 60.7 Å². The normalized spacial score (nSPS) is 19.0. The molecule has 1 aliphatic heterocycles. The number of aromatic hydroxyl groups is 1. The molecule has 0 bridgehead atoms. The monoisotopic (exact) mass is 518 g/mol. The van der Waals surface area contributed by atoms with Gasteiger partial charge in [-0.1, -0.05) is 67.7 Å². The lowest BCUT2D eigenvalue weighted by atomic mass is 9.98. The number of phenols is 1. The van der Waals surface area contributed by atoms with Crippen LogP contribution in [0.3, 0.4) is 0 Å². The Kier molecular flexibility index (Phi) is 5.78. The van der Waals surface area contributed by atoms with Crippen LogP contribution in [0.1, 0.15) is 28.9 Å². The fourth-order valence-corrected chi connectivity index (χ4v) is 4.01. The summed E-state index contributed by atoms with van der Waals surface area (Å²) in [6.07, 6.45) is 1.97. The maximum Gasteiger partial charge on any atom is 0.120 e. The van der Waals surface area contributed by atoms with E-state index in [1.54, 1.807) is 6.07 Å². The molecular weight excluding hydrogens is 504 g/mol. The zero-order chi connectivity index (χ0) is 19.7. The lowest BCUT2D eigenvalue weighted by molar-refractivity contribution is 0.419. The van der Waals surface area contributed by atoms with E-state index in [4.69, 9.17) is 11.6 Å². The van der Waals surface area contributed by atoms with E-state index in [1.165, 1.54) is 0 Å². The Labute approximate surface area is 185 Å². The number of nitrogens with one attached hydrogen (secondary N) is 2. The van der Waals surface area contributed by atoms with Crippen molar-refractivity contribution >= 4 is 49.2 Å². The molecule has 4 rings (SSSR count). The Morgan fingerprint density at radius 1 is 0.857 bits per heavy atom. The van der Waals surface area contributed by atoms with Crippen LogP contribution >= 0.6 is 43.5 Å². The minimum absolute atomic E-state index is 0.118. The molecule has 28 heavy (non-hydrogen) atoms. The van der Waals surface area contributed by atoms with Gasteiger partial charge in [-0.2, -0.15) is 0 Å². The molecule has 0 saturated carbocycles. The molecule has 142 valence electrons. The van der Waals surface area contributed by atoms with E-state index < -0.39 is 0 Å². The number of hydrogen-bond donors (Lipinski definition) is 3. The van der Waals surface area contributed by atoms with E-state index >= 15 is 0 Å². The van der Waals surface area contributed by atoms with Gasteiger partial charge < -0.3 is 10.4 Å². The first-order valence-electron chi connectivity index (χ1n) is 8.74. The van der Waals surface area contributed by atoms with Gasteiger partial charge in [0, 0.05) is 25.2 Å². The maximum atomic E-state index is 10.4. The predicted molar refractivity (Wildman–Crippen MR) is 121 cm³/mol. The van der Waals surface area contributed by atoms with Crippen LogP contribution in [-0.4, -0.2) is 5.11 Å². The van der Waals surface area contributed by atoms with Crippen LogP contribution in [0.25, 0.3) is 5.70 Å². The molecule has 0 aromatic heterocycles. The molecule has 0 fully saturated rings. The van der Waals surface area contributed by atoms with Gasteiger partial charge in [0.2, 0.25) is 0 Å². The average Bonchev–Trinajstić information content (AvgIpc) is 2.70. The number of phenolic OH excluding ortho intramolecular Hbond substituents is 1. The maximum absolute atomic E-state index is 10.4. The van der Waals surface area contributed by atoms with E-state index in [0.717, 1.165) is 31.3 Å². The Bertz CT molecular complexity index is 1020. The minimum atomic E-state index is -0.168. The van der Waals surface area contributed by atoms with Crippen molar-refractivity contribution in [3.05, 3.63) is 103 Å². The molecule has 0 aliphatic carbocycles. The molecule has 3 N–H and O–H groups in total. The first kappa shape index (κ1) is 19.5. The summed E-state index contributed by atoms with van der Waals surface area (Å²) < 4.78 is 1.95. The fourth-order valence-electron chi connectivity index (χ4n) is 3.24. The van der Waals surface area contributed by atoms with Crippen LogP contribution in [0, 0.1) is 0 Å². The number of hydrogen-bond acceptors (Lipinski definition) is 3. The third-order valence-electron chi connectivity index (χ3n) is 4.66. The van der Waals surface area contributed by atoms with Gasteiger partial charge >= 0.3 is 0 Å². The van der Waals surface area contributed by atoms with Gasteiger partial charge in [0.1, 0.15) is 11.9 Å². The van der Waals surface area contributed by atoms with Crippen LogP contribution in [0.15, 0.2) is 81.8 Å². The van der Waals surface area contributed by atoms with Crippen molar-refractivity contribution in [3.8, 4) is 5.75 Å². The third-order valence-corrected chi connectivity index (χ3v) is 5.94. The highest BCUT2D eigenvalue weighted by Crippen LogP contribution is 2.35. The van der Waals surface area contributed by atoms with Gasteiger partial charge in [-0.15, -0.1) is 0 Å². The standard InChI is InChI=1S/C22H17Br2ClN2O/c23-15-5-1-14(2-6-15)22-26-19(13-3-8-17(25)9-4-13)12-20(27-22)18-11-16(24)7-10-21(18)28/h1-12,20,22,26-28H. The van der Waals surface area contributed by atoms with Gasteiger partial charge in [-0.25, -0.2) is 0 Å². The molecule has 2 unspecified atom stereocenters. The second kappa shape index (κ2) is 8.29. The fraction of sp³-hybridized carbons (Fsp3) is 0.0909. The second-order valence-corrected chi connectivity index (χ2v) is 8.83. The summed E-state index contributed by atoms with van der Waals surface area (Å²) in [7, 11) is 0. The quantitative estimate of drug-likeness (QED) is 0.367. The van der Waals surface area contributed by atoms with Crippen LogP contribution in [0.5, 0.6) is 5.75 Å². The third kappa shape index (κ3) is 4.28. The Morgan fingerprint density at radius 2 is 1.54 bits per heavy atom. The molecule has 3 nitrogen and oxygen atoms in total. The van der Waals surface area contributed by atoms with Gasteiger partial charge in [0.15, 0.2) is 0 Å². The molecule has 3 aromatic rings. The van der Waals surface area contributed by atoms with Crippen molar-refractivity contribution in [1.82, 2.24) is 10.6 Å². The highest BCUT2D eigenvalue weighted by molar-refractivity contribution is 9.10. The SMILES string of the molecule is Oc1ccc(Br)cc1C1C=C(c2ccc(Cl)cc2)NC(c2ccc(Br)cc2)N1. The summed E-state index contributed by atoms with van der Waals surface area (Å²) in [5.74, 6) is 0.254. The van der Waals surface area contributed by atoms with Crippen LogP contribution in [0.4, 0.5) is 0 Å². The summed E-state index contributed by atoms with van der Waals surface area (Å²) in [6, 6.07) is 21.2. The van der Waals surface area contributed by atoms with Crippen molar-refractivity contribution in [2.24, 2.45) is 0 Å². The molecule has 0 radical (unpaired) electrons. The highest BCUT2D eigenvalue weighted by atomic mass is 79.9. The molecule has 0 saturated heterocycles. The Hall–Kier alpha value is -1.79. The molecule has 1 aliphatic rings. The second-order valence-electron chi connectivity index (χ2n) is 6.56. The van der Waals surface area contributed by atoms with Gasteiger partial charge in [-0.05, 0) is 59.7 Å². The van der Waals surface area contributed by atoms with Crippen molar-refractivity contribution in [1.29, 1.82) is 0 Å². The summed E-state index contributed by atoms with van der Waals surface area (Å²) in [5.41, 5.74) is 3.92. The van der Waals surface area contributed by atoms with E-state index in [-0.39, 0.29) is 18.0 Å². The summed E-state index contributed by atoms with van der Waals surface area (Å²) in [6.45, 7) is 0.